The molecule has 1 atom stereocenters. The van der Waals surface area contributed by atoms with Gasteiger partial charge < -0.3 is 10.2 Å². The van der Waals surface area contributed by atoms with Crippen LogP contribution in [0.1, 0.15) is 44.1 Å². The van der Waals surface area contributed by atoms with Crippen molar-refractivity contribution in [2.24, 2.45) is 0 Å². The molecule has 6 heteroatoms. The summed E-state index contributed by atoms with van der Waals surface area (Å²) in [5.74, 6) is 0.487. The maximum absolute atomic E-state index is 11.9. The molecule has 0 aromatic heterocycles. The number of rotatable bonds is 4. The Bertz CT molecular complexity index is 655. The molecule has 0 unspecified atom stereocenters. The van der Waals surface area contributed by atoms with E-state index in [4.69, 9.17) is 12.2 Å². The van der Waals surface area contributed by atoms with Crippen LogP contribution >= 0.6 is 12.2 Å². The lowest BCUT2D eigenvalue weighted by Gasteiger charge is -2.34. The fourth-order valence-corrected chi connectivity index (χ4v) is 5.78. The van der Waals surface area contributed by atoms with Crippen molar-refractivity contribution in [3.63, 3.8) is 0 Å². The summed E-state index contributed by atoms with van der Waals surface area (Å²) in [5, 5.41) is 4.22. The van der Waals surface area contributed by atoms with Gasteiger partial charge in [0.1, 0.15) is 0 Å². The summed E-state index contributed by atoms with van der Waals surface area (Å²) in [6.45, 7) is 0.666. The van der Waals surface area contributed by atoms with Gasteiger partial charge in [-0.15, -0.1) is 0 Å². The summed E-state index contributed by atoms with van der Waals surface area (Å²) in [5.41, 5.74) is 1.16. The zero-order valence-corrected chi connectivity index (χ0v) is 15.6. The molecule has 3 rings (SSSR count). The summed E-state index contributed by atoms with van der Waals surface area (Å²) in [7, 11) is -2.93. The van der Waals surface area contributed by atoms with Crippen molar-refractivity contribution in [2.75, 3.05) is 11.5 Å². The van der Waals surface area contributed by atoms with Gasteiger partial charge in [0.25, 0.3) is 0 Å². The fraction of sp³-hybridized carbons (Fsp3) is 0.611. The van der Waals surface area contributed by atoms with Crippen molar-refractivity contribution in [3.8, 4) is 0 Å². The third-order valence-corrected chi connectivity index (χ3v) is 7.14. The molecule has 1 aromatic rings. The highest BCUT2D eigenvalue weighted by atomic mass is 32.2. The number of hydrogen-bond donors (Lipinski definition) is 1. The van der Waals surface area contributed by atoms with Crippen molar-refractivity contribution in [3.05, 3.63) is 35.9 Å². The summed E-state index contributed by atoms with van der Waals surface area (Å²) in [6.07, 6.45) is 6.78. The van der Waals surface area contributed by atoms with Gasteiger partial charge in [0.05, 0.1) is 11.5 Å². The van der Waals surface area contributed by atoms with Crippen molar-refractivity contribution < 1.29 is 8.42 Å². The number of nitrogens with zero attached hydrogens (tertiary/aromatic N) is 1. The molecule has 1 heterocycles. The van der Waals surface area contributed by atoms with E-state index in [0.717, 1.165) is 18.4 Å². The van der Waals surface area contributed by atoms with Crippen LogP contribution in [-0.4, -0.2) is 42.0 Å². The van der Waals surface area contributed by atoms with Gasteiger partial charge in [0, 0.05) is 18.6 Å². The molecule has 2 fully saturated rings. The average molecular weight is 367 g/mol. The molecule has 1 saturated carbocycles. The van der Waals surface area contributed by atoms with Crippen LogP contribution in [0.5, 0.6) is 0 Å². The molecule has 4 nitrogen and oxygen atoms in total. The highest BCUT2D eigenvalue weighted by Gasteiger charge is 2.34. The van der Waals surface area contributed by atoms with Gasteiger partial charge in [-0.05, 0) is 37.0 Å². The molecule has 1 aromatic carbocycles. The van der Waals surface area contributed by atoms with Gasteiger partial charge in [-0.3, -0.25) is 0 Å². The molecular formula is C18H26N2O2S2. The molecular weight excluding hydrogens is 340 g/mol. The van der Waals surface area contributed by atoms with E-state index in [9.17, 15) is 8.42 Å². The first-order valence-electron chi connectivity index (χ1n) is 8.85. The standard InChI is InChI=1S/C18H26N2O2S2/c21-24(22)12-11-17(14-24)20(13-15-7-3-1-4-8-15)18(23)19-16-9-5-2-6-10-16/h1,3-4,7-8,16-17H,2,5-6,9-14H2,(H,19,23)/t17-/m0/s1. The van der Waals surface area contributed by atoms with Crippen LogP contribution in [0.4, 0.5) is 0 Å². The topological polar surface area (TPSA) is 49.4 Å². The Hall–Kier alpha value is -1.14. The van der Waals surface area contributed by atoms with Gasteiger partial charge in [-0.25, -0.2) is 8.42 Å². The Labute approximate surface area is 150 Å². The minimum Gasteiger partial charge on any atom is -0.360 e. The Morgan fingerprint density at radius 3 is 2.46 bits per heavy atom. The lowest BCUT2D eigenvalue weighted by atomic mass is 9.96. The van der Waals surface area contributed by atoms with Crippen LogP contribution in [0.3, 0.4) is 0 Å². The van der Waals surface area contributed by atoms with E-state index in [-0.39, 0.29) is 17.5 Å². The highest BCUT2D eigenvalue weighted by molar-refractivity contribution is 7.91. The number of hydrogen-bond acceptors (Lipinski definition) is 3. The third kappa shape index (κ3) is 4.70. The van der Waals surface area contributed by atoms with Crippen LogP contribution in [0, 0.1) is 0 Å². The molecule has 1 saturated heterocycles. The van der Waals surface area contributed by atoms with Crippen LogP contribution in [0.15, 0.2) is 30.3 Å². The Morgan fingerprint density at radius 1 is 1.12 bits per heavy atom. The maximum Gasteiger partial charge on any atom is 0.169 e. The molecule has 0 bridgehead atoms. The lowest BCUT2D eigenvalue weighted by Crippen LogP contribution is -2.49. The normalized spacial score (nSPS) is 23.8. The van der Waals surface area contributed by atoms with Crippen LogP contribution in [0.25, 0.3) is 0 Å². The van der Waals surface area contributed by atoms with E-state index in [1.54, 1.807) is 0 Å². The number of thiocarbonyl (C=S) groups is 1. The van der Waals surface area contributed by atoms with E-state index in [1.807, 2.05) is 18.2 Å². The first-order chi connectivity index (χ1) is 11.5. The van der Waals surface area contributed by atoms with E-state index < -0.39 is 9.84 Å². The predicted octanol–water partition coefficient (Wildman–Crippen LogP) is 2.88. The molecule has 0 spiro atoms. The molecule has 0 radical (unpaired) electrons. The van der Waals surface area contributed by atoms with Gasteiger partial charge in [-0.2, -0.15) is 0 Å². The Kier molecular flexibility index (Phi) is 5.76. The maximum atomic E-state index is 11.9. The van der Waals surface area contributed by atoms with Gasteiger partial charge >= 0.3 is 0 Å². The first kappa shape index (κ1) is 17.7. The van der Waals surface area contributed by atoms with Crippen molar-refractivity contribution in [1.29, 1.82) is 0 Å². The second-order valence-corrected chi connectivity index (χ2v) is 9.57. The van der Waals surface area contributed by atoms with Crippen LogP contribution in [-0.2, 0) is 16.4 Å². The van der Waals surface area contributed by atoms with Gasteiger partial charge in [0.2, 0.25) is 0 Å². The quantitative estimate of drug-likeness (QED) is 0.831. The molecule has 1 aliphatic heterocycles. The smallest absolute Gasteiger partial charge is 0.169 e. The van der Waals surface area contributed by atoms with E-state index in [2.05, 4.69) is 22.3 Å². The summed E-state index contributed by atoms with van der Waals surface area (Å²) in [6, 6.07) is 10.6. The largest absolute Gasteiger partial charge is 0.360 e. The van der Waals surface area contributed by atoms with Crippen LogP contribution in [0.2, 0.25) is 0 Å². The minimum absolute atomic E-state index is 0.0150. The zero-order valence-electron chi connectivity index (χ0n) is 14.0. The molecule has 132 valence electrons. The van der Waals surface area contributed by atoms with Crippen molar-refractivity contribution in [1.82, 2.24) is 10.2 Å². The third-order valence-electron chi connectivity index (χ3n) is 5.04. The second-order valence-electron chi connectivity index (χ2n) is 6.95. The minimum atomic E-state index is -2.93. The first-order valence-corrected chi connectivity index (χ1v) is 11.1. The Morgan fingerprint density at radius 2 is 1.83 bits per heavy atom. The lowest BCUT2D eigenvalue weighted by molar-refractivity contribution is 0.310. The van der Waals surface area contributed by atoms with E-state index in [0.29, 0.717) is 24.1 Å². The second kappa shape index (κ2) is 7.83. The van der Waals surface area contributed by atoms with E-state index in [1.165, 1.54) is 19.3 Å². The van der Waals surface area contributed by atoms with E-state index >= 15 is 0 Å². The zero-order chi connectivity index (χ0) is 17.0. The van der Waals surface area contributed by atoms with Crippen molar-refractivity contribution in [2.45, 2.75) is 57.2 Å². The van der Waals surface area contributed by atoms with Gasteiger partial charge in [-0.1, -0.05) is 49.6 Å². The van der Waals surface area contributed by atoms with Crippen LogP contribution < -0.4 is 5.32 Å². The average Bonchev–Trinajstić information content (AvgIpc) is 2.94. The summed E-state index contributed by atoms with van der Waals surface area (Å²) >= 11 is 5.69. The molecule has 24 heavy (non-hydrogen) atoms. The van der Waals surface area contributed by atoms with Crippen molar-refractivity contribution >= 4 is 27.2 Å². The molecule has 1 N–H and O–H groups in total. The SMILES string of the molecule is O=S1(=O)CC[C@H](N(Cc2ccccc2)C(=S)NC2CCCCC2)C1. The molecule has 1 aliphatic carbocycles. The molecule has 0 amide bonds. The number of nitrogens with one attached hydrogen (secondary N) is 1. The monoisotopic (exact) mass is 366 g/mol. The highest BCUT2D eigenvalue weighted by Crippen LogP contribution is 2.22. The Balaban J connectivity index is 1.72. The number of sulfone groups is 1. The summed E-state index contributed by atoms with van der Waals surface area (Å²) < 4.78 is 23.8. The summed E-state index contributed by atoms with van der Waals surface area (Å²) in [4.78, 5) is 2.10. The van der Waals surface area contributed by atoms with Gasteiger partial charge in [0.15, 0.2) is 14.9 Å². The fourth-order valence-electron chi connectivity index (χ4n) is 3.67. The number of benzene rings is 1. The predicted molar refractivity (Wildman–Crippen MR) is 102 cm³/mol. The molecule has 2 aliphatic rings.